The summed E-state index contributed by atoms with van der Waals surface area (Å²) in [5.41, 5.74) is 0. The Bertz CT molecular complexity index is 278. The predicted molar refractivity (Wildman–Crippen MR) is 125 cm³/mol. The van der Waals surface area contributed by atoms with E-state index in [4.69, 9.17) is 38.2 Å². The van der Waals surface area contributed by atoms with E-state index in [2.05, 4.69) is 12.6 Å². The van der Waals surface area contributed by atoms with E-state index in [0.717, 1.165) is 49.4 Å². The molecule has 0 rings (SSSR count). The third-order valence-corrected chi connectivity index (χ3v) is 10.9. The van der Waals surface area contributed by atoms with Crippen molar-refractivity contribution in [1.29, 1.82) is 0 Å². The molecule has 0 aromatic heterocycles. The highest BCUT2D eigenvalue weighted by Gasteiger charge is 2.37. The van der Waals surface area contributed by atoms with Gasteiger partial charge in [-0.15, -0.1) is 11.6 Å². The minimum absolute atomic E-state index is 0.751. The number of hydrogen-bond donors (Lipinski definition) is 1. The molecule has 0 N–H and O–H groups in total. The van der Waals surface area contributed by atoms with Gasteiger partial charge in [0.2, 0.25) is 0 Å². The first-order valence-corrected chi connectivity index (χ1v) is 15.0. The summed E-state index contributed by atoms with van der Waals surface area (Å²) in [6.07, 6.45) is 9.22. The van der Waals surface area contributed by atoms with Crippen LogP contribution in [-0.4, -0.2) is 71.9 Å². The van der Waals surface area contributed by atoms with Crippen LogP contribution in [0.25, 0.3) is 0 Å². The Labute approximate surface area is 186 Å². The van der Waals surface area contributed by atoms with Gasteiger partial charge in [-0.25, -0.2) is 0 Å². The summed E-state index contributed by atoms with van der Waals surface area (Å²) in [5.74, 6) is 1.73. The van der Waals surface area contributed by atoms with Crippen molar-refractivity contribution in [2.75, 3.05) is 54.3 Å². The van der Waals surface area contributed by atoms with Gasteiger partial charge in [0.15, 0.2) is 0 Å². The van der Waals surface area contributed by atoms with Crippen LogP contribution in [-0.2, 0) is 26.6 Å². The molecule has 0 atom stereocenters. The normalized spacial score (nSPS) is 12.0. The quantitative estimate of drug-likeness (QED) is 0.129. The third kappa shape index (κ3) is 14.8. The molecule has 0 bridgehead atoms. The van der Waals surface area contributed by atoms with Crippen molar-refractivity contribution >= 4 is 41.8 Å². The molecule has 0 radical (unpaired) electrons. The second-order valence-corrected chi connectivity index (χ2v) is 13.3. The summed E-state index contributed by atoms with van der Waals surface area (Å²) in [4.78, 5) is 0. The van der Waals surface area contributed by atoms with Crippen molar-refractivity contribution in [1.82, 2.24) is 0 Å². The Morgan fingerprint density at radius 1 is 0.536 bits per heavy atom. The summed E-state index contributed by atoms with van der Waals surface area (Å²) in [5, 5.41) is 0. The molecule has 0 amide bonds. The fourth-order valence-corrected chi connectivity index (χ4v) is 6.71. The van der Waals surface area contributed by atoms with Crippen LogP contribution in [0.3, 0.4) is 0 Å². The molecular weight excluding hydrogens is 436 g/mol. The van der Waals surface area contributed by atoms with Gasteiger partial charge in [-0.2, -0.15) is 12.6 Å². The minimum atomic E-state index is -2.31. The zero-order valence-corrected chi connectivity index (χ0v) is 22.4. The maximum Gasteiger partial charge on any atom is 0.500 e. The van der Waals surface area contributed by atoms with E-state index < -0.39 is 17.6 Å². The SMILES string of the molecule is CO[Si](CCCCCCCl)(OC)OC.CO[Si](CCCCCCS)(OC)OC. The fourth-order valence-electron chi connectivity index (χ4n) is 2.71. The molecule has 172 valence electrons. The van der Waals surface area contributed by atoms with Crippen LogP contribution in [0.1, 0.15) is 51.4 Å². The number of unbranched alkanes of at least 4 members (excludes halogenated alkanes) is 6. The Hall–Kier alpha value is 0.834. The van der Waals surface area contributed by atoms with E-state index in [9.17, 15) is 0 Å². The predicted octanol–water partition coefficient (Wildman–Crippen LogP) is 5.02. The maximum atomic E-state index is 5.59. The molecule has 0 spiro atoms. The summed E-state index contributed by atoms with van der Waals surface area (Å²) in [7, 11) is 5.32. The molecule has 0 unspecified atom stereocenters. The van der Waals surface area contributed by atoms with Gasteiger partial charge in [0.1, 0.15) is 0 Å². The molecule has 0 heterocycles. The highest BCUT2D eigenvalue weighted by atomic mass is 35.5. The molecule has 0 aliphatic carbocycles. The van der Waals surface area contributed by atoms with Crippen LogP contribution < -0.4 is 0 Å². The first kappa shape index (κ1) is 31.0. The van der Waals surface area contributed by atoms with Crippen molar-refractivity contribution in [2.24, 2.45) is 0 Å². The van der Waals surface area contributed by atoms with Gasteiger partial charge < -0.3 is 26.6 Å². The monoisotopic (exact) mass is 478 g/mol. The highest BCUT2D eigenvalue weighted by molar-refractivity contribution is 7.80. The zero-order valence-electron chi connectivity index (χ0n) is 18.8. The van der Waals surface area contributed by atoms with Crippen LogP contribution in [0.4, 0.5) is 0 Å². The third-order valence-electron chi connectivity index (χ3n) is 4.62. The Kier molecular flexibility index (Phi) is 23.4. The zero-order chi connectivity index (χ0) is 21.7. The molecule has 0 aromatic rings. The first-order chi connectivity index (χ1) is 13.5. The van der Waals surface area contributed by atoms with Gasteiger partial charge in [0, 0.05) is 60.6 Å². The lowest BCUT2D eigenvalue weighted by molar-refractivity contribution is 0.122. The van der Waals surface area contributed by atoms with E-state index >= 15 is 0 Å². The number of halogens is 1. The summed E-state index contributed by atoms with van der Waals surface area (Å²) < 4.78 is 31.9. The van der Waals surface area contributed by atoms with Crippen LogP contribution in [0.15, 0.2) is 0 Å². The van der Waals surface area contributed by atoms with E-state index in [-0.39, 0.29) is 0 Å². The minimum Gasteiger partial charge on any atom is -0.377 e. The average Bonchev–Trinajstić information content (AvgIpc) is 2.75. The maximum absolute atomic E-state index is 5.59. The lowest BCUT2D eigenvalue weighted by Crippen LogP contribution is -2.42. The first-order valence-electron chi connectivity index (χ1n) is 9.96. The molecule has 0 aromatic carbocycles. The molecule has 28 heavy (non-hydrogen) atoms. The van der Waals surface area contributed by atoms with Gasteiger partial charge in [-0.1, -0.05) is 25.7 Å². The summed E-state index contributed by atoms with van der Waals surface area (Å²) in [6, 6.07) is 1.79. The Balaban J connectivity index is 0. The fraction of sp³-hybridized carbons (Fsp3) is 1.00. The molecule has 0 aliphatic heterocycles. The summed E-state index contributed by atoms with van der Waals surface area (Å²) >= 11 is 9.76. The highest BCUT2D eigenvalue weighted by Crippen LogP contribution is 2.18. The van der Waals surface area contributed by atoms with Crippen LogP contribution >= 0.6 is 24.2 Å². The topological polar surface area (TPSA) is 55.4 Å². The van der Waals surface area contributed by atoms with Crippen molar-refractivity contribution in [3.8, 4) is 0 Å². The van der Waals surface area contributed by atoms with E-state index in [1.54, 1.807) is 42.7 Å². The molecule has 0 saturated carbocycles. The summed E-state index contributed by atoms with van der Waals surface area (Å²) in [6.45, 7) is 0. The second kappa shape index (κ2) is 21.1. The lowest BCUT2D eigenvalue weighted by atomic mass is 10.2. The van der Waals surface area contributed by atoms with Gasteiger partial charge in [0.25, 0.3) is 0 Å². The number of rotatable bonds is 18. The molecule has 0 fully saturated rings. The van der Waals surface area contributed by atoms with Gasteiger partial charge in [-0.05, 0) is 31.4 Å². The second-order valence-electron chi connectivity index (χ2n) is 6.33. The van der Waals surface area contributed by atoms with E-state index in [0.29, 0.717) is 0 Å². The molecule has 0 aliphatic rings. The van der Waals surface area contributed by atoms with Crippen LogP contribution in [0, 0.1) is 0 Å². The number of thiol groups is 1. The van der Waals surface area contributed by atoms with Crippen molar-refractivity contribution in [3.63, 3.8) is 0 Å². The number of alkyl halides is 1. The Morgan fingerprint density at radius 3 is 1.14 bits per heavy atom. The molecule has 10 heteroatoms. The average molecular weight is 479 g/mol. The van der Waals surface area contributed by atoms with Crippen molar-refractivity contribution < 1.29 is 26.6 Å². The standard InChI is InChI=1S/C9H21ClO3Si.C9H22O3SSi/c1-11-14(12-2,13-3)9-7-5-4-6-8-10;1-10-14(11-2,12-3)9-7-5-4-6-8-13/h4-9H2,1-3H3;13H,4-9H2,1-3H3. The van der Waals surface area contributed by atoms with Crippen molar-refractivity contribution in [3.05, 3.63) is 0 Å². The smallest absolute Gasteiger partial charge is 0.377 e. The van der Waals surface area contributed by atoms with Gasteiger partial charge in [-0.3, -0.25) is 0 Å². The molecule has 6 nitrogen and oxygen atoms in total. The van der Waals surface area contributed by atoms with Crippen molar-refractivity contribution in [2.45, 2.75) is 63.5 Å². The van der Waals surface area contributed by atoms with Crippen LogP contribution in [0.5, 0.6) is 0 Å². The van der Waals surface area contributed by atoms with Crippen LogP contribution in [0.2, 0.25) is 12.1 Å². The largest absolute Gasteiger partial charge is 0.500 e. The molecular formula is C18H43ClO6SSi2. The van der Waals surface area contributed by atoms with Gasteiger partial charge >= 0.3 is 17.6 Å². The van der Waals surface area contributed by atoms with E-state index in [1.807, 2.05) is 0 Å². The van der Waals surface area contributed by atoms with E-state index in [1.165, 1.54) is 25.7 Å². The number of hydrogen-bond acceptors (Lipinski definition) is 7. The van der Waals surface area contributed by atoms with Gasteiger partial charge in [0.05, 0.1) is 0 Å². The lowest BCUT2D eigenvalue weighted by Gasteiger charge is -2.24. The molecule has 0 saturated heterocycles. The Morgan fingerprint density at radius 2 is 0.857 bits per heavy atom.